The number of aromatic nitrogens is 1. The third kappa shape index (κ3) is 5.99. The third-order valence-corrected chi connectivity index (χ3v) is 8.89. The number of nitrogens with zero attached hydrogens (tertiary/aromatic N) is 2. The fraction of sp³-hybridized carbons (Fsp3) is 0.314. The van der Waals surface area contributed by atoms with E-state index in [1.165, 1.54) is 18.1 Å². The van der Waals surface area contributed by atoms with E-state index in [4.69, 9.17) is 18.6 Å². The van der Waals surface area contributed by atoms with Gasteiger partial charge in [-0.25, -0.2) is 4.98 Å². The molecule has 47 heavy (non-hydrogen) atoms. The van der Waals surface area contributed by atoms with Crippen molar-refractivity contribution < 1.29 is 38.1 Å². The highest BCUT2D eigenvalue weighted by atomic mass is 16.5. The summed E-state index contributed by atoms with van der Waals surface area (Å²) >= 11 is 0. The number of rotatable bonds is 3. The number of phenols is 1. The number of fused-ring (bicyclic) bond motifs is 9. The van der Waals surface area contributed by atoms with Crippen LogP contribution in [0, 0.1) is 6.92 Å². The average molecular weight is 639 g/mol. The zero-order valence-electron chi connectivity index (χ0n) is 26.0. The number of ether oxygens (including phenoxy) is 3. The van der Waals surface area contributed by atoms with Gasteiger partial charge in [-0.05, 0) is 72.9 Å². The van der Waals surface area contributed by atoms with Crippen molar-refractivity contribution in [1.82, 2.24) is 20.5 Å². The number of aryl methyl sites for hydroxylation is 2. The molecule has 7 rings (SSSR count). The van der Waals surface area contributed by atoms with E-state index < -0.39 is 12.1 Å². The number of nitrogens with one attached hydrogen (secondary N) is 2. The highest BCUT2D eigenvalue weighted by Crippen LogP contribution is 2.39. The molecule has 1 saturated heterocycles. The zero-order chi connectivity index (χ0) is 32.7. The Morgan fingerprint density at radius 2 is 1.96 bits per heavy atom. The van der Waals surface area contributed by atoms with Gasteiger partial charge in [0.1, 0.15) is 17.5 Å². The van der Waals surface area contributed by atoms with Crippen LogP contribution in [0.25, 0.3) is 11.5 Å². The van der Waals surface area contributed by atoms with E-state index in [1.54, 1.807) is 43.3 Å². The first-order chi connectivity index (χ1) is 22.8. The molecule has 6 bridgehead atoms. The van der Waals surface area contributed by atoms with Crippen LogP contribution in [0.5, 0.6) is 23.0 Å². The lowest BCUT2D eigenvalue weighted by molar-refractivity contribution is -0.138. The number of carbonyl (C=O) groups is 3. The molecule has 12 nitrogen and oxygen atoms in total. The van der Waals surface area contributed by atoms with E-state index in [2.05, 4.69) is 15.6 Å². The zero-order valence-corrected chi connectivity index (χ0v) is 26.0. The molecule has 0 aliphatic carbocycles. The predicted molar refractivity (Wildman–Crippen MR) is 168 cm³/mol. The monoisotopic (exact) mass is 638 g/mol. The van der Waals surface area contributed by atoms with Crippen LogP contribution >= 0.6 is 0 Å². The van der Waals surface area contributed by atoms with Crippen LogP contribution in [0.4, 0.5) is 0 Å². The topological polar surface area (TPSA) is 152 Å². The van der Waals surface area contributed by atoms with Gasteiger partial charge in [-0.15, -0.1) is 0 Å². The first-order valence-corrected chi connectivity index (χ1v) is 15.5. The summed E-state index contributed by atoms with van der Waals surface area (Å²) in [5, 5.41) is 16.6. The lowest BCUT2D eigenvalue weighted by Gasteiger charge is -2.24. The Hall–Kier alpha value is -5.36. The van der Waals surface area contributed by atoms with Gasteiger partial charge in [-0.3, -0.25) is 14.4 Å². The first-order valence-electron chi connectivity index (χ1n) is 15.5. The number of amides is 3. The van der Waals surface area contributed by atoms with E-state index in [9.17, 15) is 19.5 Å². The Balaban J connectivity index is 1.18. The second kappa shape index (κ2) is 12.4. The van der Waals surface area contributed by atoms with Crippen molar-refractivity contribution in [2.24, 2.45) is 0 Å². The number of hydrogen-bond donors (Lipinski definition) is 3. The molecule has 0 unspecified atom stereocenters. The lowest BCUT2D eigenvalue weighted by atomic mass is 10.0. The molecular formula is C35H34N4O8. The van der Waals surface area contributed by atoms with Gasteiger partial charge in [-0.2, -0.15) is 0 Å². The molecule has 4 aromatic rings. The number of hydrogen-bond acceptors (Lipinski definition) is 9. The Kier molecular flexibility index (Phi) is 8.02. The minimum atomic E-state index is -0.800. The van der Waals surface area contributed by atoms with Crippen molar-refractivity contribution in [3.05, 3.63) is 88.3 Å². The first kappa shape index (κ1) is 30.3. The second-order valence-corrected chi connectivity index (χ2v) is 11.9. The van der Waals surface area contributed by atoms with Gasteiger partial charge >= 0.3 is 0 Å². The average Bonchev–Trinajstić information content (AvgIpc) is 3.82. The molecule has 1 aromatic heterocycles. The van der Waals surface area contributed by atoms with Gasteiger partial charge in [-0.1, -0.05) is 18.2 Å². The lowest BCUT2D eigenvalue weighted by Crippen LogP contribution is -2.46. The summed E-state index contributed by atoms with van der Waals surface area (Å²) in [5.41, 5.74) is 4.26. The van der Waals surface area contributed by atoms with Crippen molar-refractivity contribution in [1.29, 1.82) is 0 Å². The molecule has 0 radical (unpaired) electrons. The molecule has 2 atom stereocenters. The Morgan fingerprint density at radius 1 is 1.09 bits per heavy atom. The van der Waals surface area contributed by atoms with E-state index in [-0.39, 0.29) is 55.2 Å². The van der Waals surface area contributed by atoms with Crippen LogP contribution in [0.2, 0.25) is 0 Å². The van der Waals surface area contributed by atoms with Gasteiger partial charge < -0.3 is 39.3 Å². The van der Waals surface area contributed by atoms with Gasteiger partial charge in [0.25, 0.3) is 5.91 Å². The molecule has 0 saturated carbocycles. The predicted octanol–water partition coefficient (Wildman–Crippen LogP) is 4.15. The van der Waals surface area contributed by atoms with Crippen molar-refractivity contribution in [3.63, 3.8) is 0 Å². The number of phenolic OH excluding ortho intramolecular Hbond substituents is 1. The Bertz CT molecular complexity index is 1890. The molecule has 1 fully saturated rings. The van der Waals surface area contributed by atoms with Crippen molar-refractivity contribution in [3.8, 4) is 34.5 Å². The fourth-order valence-corrected chi connectivity index (χ4v) is 6.35. The van der Waals surface area contributed by atoms with Crippen LogP contribution < -0.4 is 20.1 Å². The summed E-state index contributed by atoms with van der Waals surface area (Å²) in [6, 6.07) is 14.4. The molecule has 3 aromatic carbocycles. The summed E-state index contributed by atoms with van der Waals surface area (Å²) in [7, 11) is 1.52. The summed E-state index contributed by atoms with van der Waals surface area (Å²) in [5.74, 6) is 0.868. The smallest absolute Gasteiger partial charge is 0.251 e. The van der Waals surface area contributed by atoms with Crippen LogP contribution in [0.1, 0.15) is 51.3 Å². The van der Waals surface area contributed by atoms with E-state index >= 15 is 0 Å². The number of oxazole rings is 1. The van der Waals surface area contributed by atoms with Gasteiger partial charge in [0.2, 0.25) is 17.7 Å². The molecule has 3 N–H and O–H groups in total. The molecule has 242 valence electrons. The van der Waals surface area contributed by atoms with Crippen molar-refractivity contribution in [2.45, 2.75) is 58.0 Å². The van der Waals surface area contributed by atoms with E-state index in [1.807, 2.05) is 12.1 Å². The quantitative estimate of drug-likeness (QED) is 0.301. The van der Waals surface area contributed by atoms with Crippen LogP contribution in [-0.4, -0.2) is 58.5 Å². The summed E-state index contributed by atoms with van der Waals surface area (Å²) in [6.45, 7) is 2.85. The summed E-state index contributed by atoms with van der Waals surface area (Å²) in [6.07, 6.45) is 0.688. The standard InChI is InChI=1S/C35H34N4O8/c1-19-26-15-36-34(43)27-14-23(37-33(42)24-5-3-4-22-17-45-18-25(22)24)16-39(27)32(41)11-7-20-6-9-28(40)30(12-20)47-31-13-21(35(38-26)46-19)8-10-29(31)44-2/h3-6,8-10,12-13,23,27,40H,7,11,14-18H2,1-2H3,(H,36,43)(H,37,42)/t23-,27-/m0/s1. The van der Waals surface area contributed by atoms with Crippen LogP contribution in [0.15, 0.2) is 59.0 Å². The van der Waals surface area contributed by atoms with Crippen LogP contribution in [-0.2, 0) is 40.5 Å². The van der Waals surface area contributed by atoms with Gasteiger partial charge in [0, 0.05) is 30.1 Å². The Labute approximate surface area is 270 Å². The van der Waals surface area contributed by atoms with E-state index in [0.717, 1.165) is 16.7 Å². The number of benzene rings is 3. The number of aromatic hydroxyl groups is 1. The molecular weight excluding hydrogens is 604 g/mol. The maximum atomic E-state index is 13.7. The molecule has 3 amide bonds. The van der Waals surface area contributed by atoms with Crippen molar-refractivity contribution >= 4 is 17.7 Å². The van der Waals surface area contributed by atoms with Crippen LogP contribution in [0.3, 0.4) is 0 Å². The minimum Gasteiger partial charge on any atom is -0.504 e. The largest absolute Gasteiger partial charge is 0.504 e. The highest BCUT2D eigenvalue weighted by molar-refractivity contribution is 5.96. The number of methoxy groups -OCH3 is 1. The normalized spacial score (nSPS) is 19.1. The van der Waals surface area contributed by atoms with Gasteiger partial charge in [0.15, 0.2) is 23.0 Å². The maximum absolute atomic E-state index is 13.7. The molecule has 3 aliphatic heterocycles. The maximum Gasteiger partial charge on any atom is 0.251 e. The van der Waals surface area contributed by atoms with Gasteiger partial charge in [0.05, 0.1) is 26.9 Å². The SMILES string of the molecule is COc1ccc2cc1Oc1cc(ccc1O)CCC(=O)N1C[C@@H](NC(=O)c3cccc4c3COC4)C[C@H]1C(=O)NCc1nc-2oc1C. The summed E-state index contributed by atoms with van der Waals surface area (Å²) < 4.78 is 23.1. The third-order valence-electron chi connectivity index (χ3n) is 8.89. The minimum absolute atomic E-state index is 0.0812. The number of carbonyl (C=O) groups excluding carboxylic acids is 3. The fourth-order valence-electron chi connectivity index (χ4n) is 6.35. The molecule has 3 aliphatic rings. The highest BCUT2D eigenvalue weighted by Gasteiger charge is 2.40. The molecule has 0 spiro atoms. The van der Waals surface area contributed by atoms with E-state index in [0.29, 0.717) is 59.6 Å². The van der Waals surface area contributed by atoms with Crippen molar-refractivity contribution in [2.75, 3.05) is 13.7 Å². The molecule has 4 heterocycles. The summed E-state index contributed by atoms with van der Waals surface area (Å²) in [4.78, 5) is 46.9. The second-order valence-electron chi connectivity index (χ2n) is 11.9. The Morgan fingerprint density at radius 3 is 2.81 bits per heavy atom. The molecule has 12 heteroatoms.